The maximum atomic E-state index is 12.1. The molecule has 1 amide bonds. The number of nitrogens with zero attached hydrogens (tertiary/aromatic N) is 1. The number of amides is 1. The number of hydrogen-bond acceptors (Lipinski definition) is 5. The van der Waals surface area contributed by atoms with Crippen molar-refractivity contribution >= 4 is 40.6 Å². The summed E-state index contributed by atoms with van der Waals surface area (Å²) >= 11 is 1.29. The predicted octanol–water partition coefficient (Wildman–Crippen LogP) is 3.74. The smallest absolute Gasteiger partial charge is 0.306 e. The van der Waals surface area contributed by atoms with Crippen LogP contribution in [0.4, 0.5) is 5.69 Å². The Balaban J connectivity index is 1.65. The van der Waals surface area contributed by atoms with E-state index >= 15 is 0 Å². The number of carboxylic acid groups (broad SMARTS) is 1. The molecular weight excluding hydrogens is 364 g/mol. The zero-order valence-electron chi connectivity index (χ0n) is 14.6. The first kappa shape index (κ1) is 18.7. The van der Waals surface area contributed by atoms with Gasteiger partial charge < -0.3 is 15.2 Å². The average Bonchev–Trinajstić information content (AvgIpc) is 2.97. The van der Waals surface area contributed by atoms with E-state index in [-0.39, 0.29) is 18.9 Å². The highest BCUT2D eigenvalue weighted by molar-refractivity contribution is 8.18. The Hall–Kier alpha value is -3.06. The van der Waals surface area contributed by atoms with Gasteiger partial charge >= 0.3 is 5.97 Å². The zero-order chi connectivity index (χ0) is 19.2. The SMILES string of the molecule is Cc1ccc(N=C2NC(=O)/C(=C\c3ccc(OCCC(=O)O)cc3)S2)cc1. The first-order chi connectivity index (χ1) is 13.0. The molecule has 0 aliphatic carbocycles. The lowest BCUT2D eigenvalue weighted by Crippen LogP contribution is -2.19. The van der Waals surface area contributed by atoms with Crippen molar-refractivity contribution in [3.63, 3.8) is 0 Å². The van der Waals surface area contributed by atoms with Crippen molar-refractivity contribution in [3.8, 4) is 5.75 Å². The monoisotopic (exact) mass is 382 g/mol. The van der Waals surface area contributed by atoms with Crippen LogP contribution in [0.15, 0.2) is 58.4 Å². The molecule has 27 heavy (non-hydrogen) atoms. The zero-order valence-corrected chi connectivity index (χ0v) is 15.5. The quantitative estimate of drug-likeness (QED) is 0.743. The van der Waals surface area contributed by atoms with Crippen LogP contribution in [0.3, 0.4) is 0 Å². The minimum Gasteiger partial charge on any atom is -0.493 e. The van der Waals surface area contributed by atoms with Crippen molar-refractivity contribution in [1.29, 1.82) is 0 Å². The van der Waals surface area contributed by atoms with E-state index in [0.717, 1.165) is 16.8 Å². The first-order valence-electron chi connectivity index (χ1n) is 8.30. The number of benzene rings is 2. The number of aliphatic carboxylic acids is 1. The van der Waals surface area contributed by atoms with E-state index in [9.17, 15) is 9.59 Å². The van der Waals surface area contributed by atoms with Gasteiger partial charge in [-0.05, 0) is 54.6 Å². The number of hydrogen-bond donors (Lipinski definition) is 2. The van der Waals surface area contributed by atoms with E-state index < -0.39 is 5.97 Å². The highest BCUT2D eigenvalue weighted by Gasteiger charge is 2.23. The molecule has 1 saturated heterocycles. The molecule has 0 spiro atoms. The van der Waals surface area contributed by atoms with Gasteiger partial charge in [0, 0.05) is 0 Å². The minimum atomic E-state index is -0.899. The standard InChI is InChI=1S/C20H18N2O4S/c1-13-2-6-15(7-3-13)21-20-22-19(25)17(27-20)12-14-4-8-16(9-5-14)26-11-10-18(23)24/h2-9,12H,10-11H2,1H3,(H,23,24)(H,21,22,25)/b17-12+. The number of carbonyl (C=O) groups excluding carboxylic acids is 1. The normalized spacial score (nSPS) is 16.6. The van der Waals surface area contributed by atoms with Gasteiger partial charge in [-0.2, -0.15) is 0 Å². The number of aliphatic imine (C=N–C) groups is 1. The third-order valence-corrected chi connectivity index (χ3v) is 4.59. The second kappa shape index (κ2) is 8.55. The lowest BCUT2D eigenvalue weighted by Gasteiger charge is -2.04. The summed E-state index contributed by atoms with van der Waals surface area (Å²) in [5, 5.41) is 11.9. The fourth-order valence-corrected chi connectivity index (χ4v) is 3.13. The number of carbonyl (C=O) groups is 2. The summed E-state index contributed by atoms with van der Waals surface area (Å²) < 4.78 is 5.35. The maximum absolute atomic E-state index is 12.1. The Morgan fingerprint density at radius 2 is 1.89 bits per heavy atom. The highest BCUT2D eigenvalue weighted by atomic mass is 32.2. The summed E-state index contributed by atoms with van der Waals surface area (Å²) in [6.45, 7) is 2.12. The summed E-state index contributed by atoms with van der Waals surface area (Å²) in [5.41, 5.74) is 2.78. The molecular formula is C20H18N2O4S. The lowest BCUT2D eigenvalue weighted by atomic mass is 10.2. The van der Waals surface area contributed by atoms with Gasteiger partial charge in [-0.3, -0.25) is 9.59 Å². The second-order valence-electron chi connectivity index (χ2n) is 5.88. The van der Waals surface area contributed by atoms with Crippen molar-refractivity contribution in [2.75, 3.05) is 6.61 Å². The Labute approximate surface area is 161 Å². The van der Waals surface area contributed by atoms with Crippen molar-refractivity contribution in [2.45, 2.75) is 13.3 Å². The van der Waals surface area contributed by atoms with E-state index in [1.807, 2.05) is 43.3 Å². The maximum Gasteiger partial charge on any atom is 0.306 e. The van der Waals surface area contributed by atoms with Crippen molar-refractivity contribution in [1.82, 2.24) is 5.32 Å². The van der Waals surface area contributed by atoms with Crippen LogP contribution < -0.4 is 10.1 Å². The third-order valence-electron chi connectivity index (χ3n) is 3.68. The number of rotatable bonds is 6. The van der Waals surface area contributed by atoms with Crippen LogP contribution in [0.25, 0.3) is 6.08 Å². The van der Waals surface area contributed by atoms with E-state index in [0.29, 0.717) is 15.8 Å². The molecule has 1 aliphatic rings. The topological polar surface area (TPSA) is 88.0 Å². The molecule has 3 rings (SSSR count). The number of nitrogens with one attached hydrogen (secondary N) is 1. The Morgan fingerprint density at radius 3 is 2.56 bits per heavy atom. The number of aryl methyl sites for hydroxylation is 1. The van der Waals surface area contributed by atoms with Gasteiger partial charge in [0.1, 0.15) is 5.75 Å². The summed E-state index contributed by atoms with van der Waals surface area (Å²) in [6, 6.07) is 14.9. The molecule has 2 aromatic carbocycles. The van der Waals surface area contributed by atoms with Gasteiger partial charge in [-0.1, -0.05) is 29.8 Å². The van der Waals surface area contributed by atoms with Crippen molar-refractivity contribution in [2.24, 2.45) is 4.99 Å². The molecule has 1 aliphatic heterocycles. The second-order valence-corrected chi connectivity index (χ2v) is 6.91. The molecule has 0 saturated carbocycles. The van der Waals surface area contributed by atoms with Gasteiger partial charge in [0.25, 0.3) is 5.91 Å². The van der Waals surface area contributed by atoms with Gasteiger partial charge in [0.2, 0.25) is 0 Å². The van der Waals surface area contributed by atoms with Crippen LogP contribution in [-0.2, 0) is 9.59 Å². The summed E-state index contributed by atoms with van der Waals surface area (Å²) in [6.07, 6.45) is 1.73. The van der Waals surface area contributed by atoms with Crippen LogP contribution in [0.2, 0.25) is 0 Å². The minimum absolute atomic E-state index is 0.0499. The molecule has 2 aromatic rings. The van der Waals surface area contributed by atoms with Crippen molar-refractivity contribution < 1.29 is 19.4 Å². The fraction of sp³-hybridized carbons (Fsp3) is 0.150. The molecule has 0 bridgehead atoms. The lowest BCUT2D eigenvalue weighted by molar-refractivity contribution is -0.137. The van der Waals surface area contributed by atoms with Crippen LogP contribution >= 0.6 is 11.8 Å². The van der Waals surface area contributed by atoms with E-state index in [2.05, 4.69) is 10.3 Å². The highest BCUT2D eigenvalue weighted by Crippen LogP contribution is 2.28. The molecule has 0 aromatic heterocycles. The van der Waals surface area contributed by atoms with Crippen LogP contribution in [-0.4, -0.2) is 28.8 Å². The Morgan fingerprint density at radius 1 is 1.19 bits per heavy atom. The van der Waals surface area contributed by atoms with Gasteiger partial charge in [-0.15, -0.1) is 0 Å². The number of ether oxygens (including phenoxy) is 1. The molecule has 138 valence electrons. The summed E-state index contributed by atoms with van der Waals surface area (Å²) in [4.78, 5) is 27.6. The molecule has 6 nitrogen and oxygen atoms in total. The molecule has 0 unspecified atom stereocenters. The van der Waals surface area contributed by atoms with E-state index in [4.69, 9.17) is 9.84 Å². The number of amidine groups is 1. The molecule has 1 heterocycles. The van der Waals surface area contributed by atoms with Gasteiger partial charge in [0.15, 0.2) is 5.17 Å². The van der Waals surface area contributed by atoms with Crippen molar-refractivity contribution in [3.05, 3.63) is 64.6 Å². The molecule has 1 fully saturated rings. The van der Waals surface area contributed by atoms with Crippen LogP contribution in [0.1, 0.15) is 17.5 Å². The van der Waals surface area contributed by atoms with Gasteiger partial charge in [-0.25, -0.2) is 4.99 Å². The third kappa shape index (κ3) is 5.46. The first-order valence-corrected chi connectivity index (χ1v) is 9.12. The number of thioether (sulfide) groups is 1. The van der Waals surface area contributed by atoms with E-state index in [1.165, 1.54) is 11.8 Å². The Bertz CT molecular complexity index is 903. The summed E-state index contributed by atoms with van der Waals surface area (Å²) in [7, 11) is 0. The van der Waals surface area contributed by atoms with E-state index in [1.54, 1.807) is 18.2 Å². The predicted molar refractivity (Wildman–Crippen MR) is 106 cm³/mol. The summed E-state index contributed by atoms with van der Waals surface area (Å²) in [5.74, 6) is -0.500. The molecule has 0 atom stereocenters. The fourth-order valence-electron chi connectivity index (χ4n) is 2.28. The molecule has 2 N–H and O–H groups in total. The average molecular weight is 382 g/mol. The molecule has 7 heteroatoms. The van der Waals surface area contributed by atoms with Crippen LogP contribution in [0.5, 0.6) is 5.75 Å². The largest absolute Gasteiger partial charge is 0.493 e. The molecule has 0 radical (unpaired) electrons. The Kier molecular flexibility index (Phi) is 5.93. The number of carboxylic acids is 1. The van der Waals surface area contributed by atoms with Crippen LogP contribution in [0, 0.1) is 6.92 Å². The van der Waals surface area contributed by atoms with Gasteiger partial charge in [0.05, 0.1) is 23.6 Å².